The SMILES string of the molecule is O=C(Cc1cccs1)NC1C(=O)N2C(C(=O)O)=C(CO)C[S+]([O-])[C@@H]12. The van der Waals surface area contributed by atoms with E-state index >= 15 is 0 Å². The average Bonchev–Trinajstić information content (AvgIpc) is 3.04. The van der Waals surface area contributed by atoms with Gasteiger partial charge < -0.3 is 20.1 Å². The van der Waals surface area contributed by atoms with Gasteiger partial charge in [0.1, 0.15) is 11.4 Å². The van der Waals surface area contributed by atoms with Gasteiger partial charge in [0.15, 0.2) is 6.04 Å². The fourth-order valence-electron chi connectivity index (χ4n) is 2.77. The Bertz CT molecular complexity index is 717. The second kappa shape index (κ2) is 6.55. The van der Waals surface area contributed by atoms with E-state index in [1.54, 1.807) is 12.1 Å². The highest BCUT2D eigenvalue weighted by molar-refractivity contribution is 7.92. The minimum absolute atomic E-state index is 0.0498. The number of aliphatic hydroxyl groups is 1. The van der Waals surface area contributed by atoms with E-state index in [1.807, 2.05) is 5.38 Å². The first-order valence-corrected chi connectivity index (χ1v) is 9.28. The number of fused-ring (bicyclic) bond motifs is 1. The number of aliphatic carboxylic acids is 1. The van der Waals surface area contributed by atoms with Crippen LogP contribution in [-0.2, 0) is 32.0 Å². The Labute approximate surface area is 143 Å². The Morgan fingerprint density at radius 1 is 1.50 bits per heavy atom. The van der Waals surface area contributed by atoms with Crippen molar-refractivity contribution >= 4 is 40.3 Å². The molecular formula is C14H14N2O6S2. The van der Waals surface area contributed by atoms with Gasteiger partial charge in [-0.05, 0) is 22.6 Å². The van der Waals surface area contributed by atoms with E-state index in [-0.39, 0.29) is 29.4 Å². The molecule has 2 unspecified atom stereocenters. The lowest BCUT2D eigenvalue weighted by atomic mass is 10.0. The van der Waals surface area contributed by atoms with E-state index in [0.717, 1.165) is 9.78 Å². The molecule has 0 spiro atoms. The number of hydrogen-bond acceptors (Lipinski definition) is 6. The Kier molecular flexibility index (Phi) is 4.63. The Morgan fingerprint density at radius 3 is 2.83 bits per heavy atom. The van der Waals surface area contributed by atoms with Crippen LogP contribution in [0.25, 0.3) is 0 Å². The molecule has 1 aromatic heterocycles. The number of nitrogens with one attached hydrogen (secondary N) is 1. The van der Waals surface area contributed by atoms with Crippen molar-refractivity contribution in [3.63, 3.8) is 0 Å². The number of carboxylic acid groups (broad SMARTS) is 1. The van der Waals surface area contributed by atoms with E-state index in [2.05, 4.69) is 5.32 Å². The molecule has 10 heteroatoms. The monoisotopic (exact) mass is 370 g/mol. The lowest BCUT2D eigenvalue weighted by Crippen LogP contribution is -2.75. The summed E-state index contributed by atoms with van der Waals surface area (Å²) in [6, 6.07) is 2.59. The first-order chi connectivity index (χ1) is 11.4. The molecule has 0 saturated carbocycles. The highest BCUT2D eigenvalue weighted by Gasteiger charge is 2.60. The van der Waals surface area contributed by atoms with Crippen molar-refractivity contribution in [1.82, 2.24) is 10.2 Å². The molecule has 2 aliphatic rings. The van der Waals surface area contributed by atoms with Gasteiger partial charge in [0.25, 0.3) is 5.91 Å². The molecule has 0 radical (unpaired) electrons. The van der Waals surface area contributed by atoms with Crippen LogP contribution < -0.4 is 5.32 Å². The molecule has 1 saturated heterocycles. The fourth-order valence-corrected chi connectivity index (χ4v) is 5.15. The molecule has 0 bridgehead atoms. The first-order valence-electron chi connectivity index (χ1n) is 7.02. The Hall–Kier alpha value is -1.88. The van der Waals surface area contributed by atoms with Crippen LogP contribution in [0.2, 0.25) is 0 Å². The van der Waals surface area contributed by atoms with Gasteiger partial charge in [-0.1, -0.05) is 6.07 Å². The molecule has 24 heavy (non-hydrogen) atoms. The smallest absolute Gasteiger partial charge is 0.352 e. The average molecular weight is 370 g/mol. The van der Waals surface area contributed by atoms with Crippen molar-refractivity contribution in [3.8, 4) is 0 Å². The summed E-state index contributed by atoms with van der Waals surface area (Å²) >= 11 is -0.183. The number of thiophene rings is 1. The number of carbonyl (C=O) groups excluding carboxylic acids is 2. The van der Waals surface area contributed by atoms with Gasteiger partial charge >= 0.3 is 5.97 Å². The summed E-state index contributed by atoms with van der Waals surface area (Å²) in [5, 5.41) is 21.9. The minimum Gasteiger partial charge on any atom is -0.614 e. The summed E-state index contributed by atoms with van der Waals surface area (Å²) in [5.74, 6) is -2.51. The number of carboxylic acids is 1. The van der Waals surface area contributed by atoms with Gasteiger partial charge in [0, 0.05) is 10.5 Å². The second-order valence-corrected chi connectivity index (χ2v) is 7.91. The molecule has 3 N–H and O–H groups in total. The van der Waals surface area contributed by atoms with Crippen molar-refractivity contribution in [2.24, 2.45) is 0 Å². The highest BCUT2D eigenvalue weighted by Crippen LogP contribution is 2.36. The second-order valence-electron chi connectivity index (χ2n) is 5.34. The number of amides is 2. The van der Waals surface area contributed by atoms with Gasteiger partial charge in [-0.15, -0.1) is 11.3 Å². The third kappa shape index (κ3) is 2.81. The summed E-state index contributed by atoms with van der Waals surface area (Å²) in [5.41, 5.74) is -0.287. The molecule has 1 fully saturated rings. The molecule has 1 aromatic rings. The lowest BCUT2D eigenvalue weighted by Gasteiger charge is -2.48. The first kappa shape index (κ1) is 17.0. The maximum atomic E-state index is 12.3. The van der Waals surface area contributed by atoms with Crippen molar-refractivity contribution in [3.05, 3.63) is 33.7 Å². The van der Waals surface area contributed by atoms with E-state index in [4.69, 9.17) is 0 Å². The normalized spacial score (nSPS) is 26.0. The maximum absolute atomic E-state index is 12.3. The predicted octanol–water partition coefficient (Wildman–Crippen LogP) is -0.963. The molecular weight excluding hydrogens is 356 g/mol. The zero-order valence-electron chi connectivity index (χ0n) is 12.3. The Morgan fingerprint density at radius 2 is 2.25 bits per heavy atom. The third-order valence-electron chi connectivity index (χ3n) is 3.83. The van der Waals surface area contributed by atoms with Gasteiger partial charge in [-0.2, -0.15) is 0 Å². The van der Waals surface area contributed by atoms with E-state index in [0.29, 0.717) is 0 Å². The van der Waals surface area contributed by atoms with E-state index < -0.39 is 41.1 Å². The van der Waals surface area contributed by atoms with Gasteiger partial charge in [0.2, 0.25) is 11.3 Å². The maximum Gasteiger partial charge on any atom is 0.352 e. The molecule has 0 aliphatic carbocycles. The number of aliphatic hydroxyl groups excluding tert-OH is 1. The van der Waals surface area contributed by atoms with Crippen LogP contribution in [0.1, 0.15) is 4.88 Å². The quantitative estimate of drug-likeness (QED) is 0.452. The number of nitrogens with zero attached hydrogens (tertiary/aromatic N) is 1. The Balaban J connectivity index is 1.75. The van der Waals surface area contributed by atoms with Crippen LogP contribution in [0.5, 0.6) is 0 Å². The summed E-state index contributed by atoms with van der Waals surface area (Å²) < 4.78 is 12.3. The standard InChI is InChI=1S/C14H14N2O6S2/c17-5-7-6-24(22)13-10(12(19)16(13)11(7)14(20)21)15-9(18)4-8-2-1-3-23-8/h1-3,10,13,17H,4-6H2,(H,15,18)(H,20,21)/t10?,13-,24?/m0/s1. The van der Waals surface area contributed by atoms with E-state index in [1.165, 1.54) is 11.3 Å². The van der Waals surface area contributed by atoms with Crippen LogP contribution in [-0.4, -0.2) is 61.2 Å². The van der Waals surface area contributed by atoms with Crippen molar-refractivity contribution in [1.29, 1.82) is 0 Å². The fraction of sp³-hybridized carbons (Fsp3) is 0.357. The minimum atomic E-state index is -1.59. The number of rotatable bonds is 5. The van der Waals surface area contributed by atoms with Gasteiger partial charge in [-0.25, -0.2) is 4.79 Å². The lowest BCUT2D eigenvalue weighted by molar-refractivity contribution is -0.151. The van der Waals surface area contributed by atoms with Crippen molar-refractivity contribution < 1.29 is 29.1 Å². The molecule has 0 aromatic carbocycles. The largest absolute Gasteiger partial charge is 0.614 e. The summed E-state index contributed by atoms with van der Waals surface area (Å²) in [6.07, 6.45) is 0.102. The molecule has 3 atom stereocenters. The zero-order chi connectivity index (χ0) is 17.4. The molecule has 128 valence electrons. The molecule has 2 amide bonds. The van der Waals surface area contributed by atoms with Crippen LogP contribution in [0, 0.1) is 0 Å². The van der Waals surface area contributed by atoms with Crippen molar-refractivity contribution in [2.45, 2.75) is 17.8 Å². The zero-order valence-corrected chi connectivity index (χ0v) is 13.9. The highest BCUT2D eigenvalue weighted by atomic mass is 32.2. The summed E-state index contributed by atoms with van der Waals surface area (Å²) in [4.78, 5) is 37.4. The van der Waals surface area contributed by atoms with Crippen LogP contribution in [0.4, 0.5) is 0 Å². The number of carbonyl (C=O) groups is 3. The van der Waals surface area contributed by atoms with E-state index in [9.17, 15) is 29.1 Å². The number of hydrogen-bond donors (Lipinski definition) is 3. The van der Waals surface area contributed by atoms with Crippen molar-refractivity contribution in [2.75, 3.05) is 12.4 Å². The molecule has 3 rings (SSSR count). The van der Waals surface area contributed by atoms with Gasteiger partial charge in [-0.3, -0.25) is 14.5 Å². The van der Waals surface area contributed by atoms with Crippen LogP contribution in [0.15, 0.2) is 28.8 Å². The third-order valence-corrected chi connectivity index (χ3v) is 6.36. The molecule has 2 aliphatic heterocycles. The number of β-lactam (4-membered cyclic amide) rings is 1. The topological polar surface area (TPSA) is 130 Å². The predicted molar refractivity (Wildman–Crippen MR) is 85.3 cm³/mol. The van der Waals surface area contributed by atoms with Crippen LogP contribution >= 0.6 is 11.3 Å². The summed E-state index contributed by atoms with van der Waals surface area (Å²) in [7, 11) is 0. The van der Waals surface area contributed by atoms with Gasteiger partial charge in [0.05, 0.1) is 13.0 Å². The molecule has 3 heterocycles. The molecule has 8 nitrogen and oxygen atoms in total. The summed E-state index contributed by atoms with van der Waals surface area (Å²) in [6.45, 7) is -0.584. The van der Waals surface area contributed by atoms with Crippen LogP contribution in [0.3, 0.4) is 0 Å².